The fourth-order valence-electron chi connectivity index (χ4n) is 2.29. The Bertz CT molecular complexity index is 617. The Balaban J connectivity index is 0.00000264. The minimum Gasteiger partial charge on any atom is -0.348 e. The summed E-state index contributed by atoms with van der Waals surface area (Å²) in [6.45, 7) is 1.66. The maximum Gasteiger partial charge on any atom is 0.337 e. The number of sulfone groups is 1. The highest BCUT2D eigenvalue weighted by Crippen LogP contribution is 2.14. The molecule has 1 aliphatic heterocycles. The van der Waals surface area contributed by atoms with E-state index < -0.39 is 21.3 Å². The maximum atomic E-state index is 12.3. The van der Waals surface area contributed by atoms with Gasteiger partial charge in [0.15, 0.2) is 0 Å². The van der Waals surface area contributed by atoms with Crippen LogP contribution >= 0.6 is 12.4 Å². The molecular weight excluding hydrogens is 350 g/mol. The van der Waals surface area contributed by atoms with Crippen LogP contribution in [0.5, 0.6) is 0 Å². The molecule has 0 bridgehead atoms. The Morgan fingerprint density at radius 3 is 2.48 bits per heavy atom. The average molecular weight is 369 g/mol. The smallest absolute Gasteiger partial charge is 0.337 e. The lowest BCUT2D eigenvalue weighted by Crippen LogP contribution is -2.45. The Morgan fingerprint density at radius 2 is 1.96 bits per heavy atom. The summed E-state index contributed by atoms with van der Waals surface area (Å²) < 4.78 is 46.9. The Labute approximate surface area is 140 Å². The van der Waals surface area contributed by atoms with Crippen molar-refractivity contribution < 1.29 is 22.0 Å². The summed E-state index contributed by atoms with van der Waals surface area (Å²) in [5.74, 6) is -4.38. The molecule has 0 spiro atoms. The fourth-order valence-corrected chi connectivity index (χ4v) is 3.07. The molecule has 23 heavy (non-hydrogen) atoms. The van der Waals surface area contributed by atoms with Gasteiger partial charge in [0.05, 0.1) is 5.75 Å². The fraction of sp³-hybridized carbons (Fsp3) is 0.500. The van der Waals surface area contributed by atoms with E-state index in [0.717, 1.165) is 25.9 Å². The zero-order chi connectivity index (χ0) is 16.2. The third-order valence-corrected chi connectivity index (χ3v) is 4.77. The lowest BCUT2D eigenvalue weighted by atomic mass is 10.1. The first-order valence-corrected chi connectivity index (χ1v) is 8.70. The third-order valence-electron chi connectivity index (χ3n) is 3.49. The number of carbonyl (C=O) groups excluding carboxylic acids is 1. The van der Waals surface area contributed by atoms with E-state index >= 15 is 0 Å². The Kier molecular flexibility index (Phi) is 7.37. The van der Waals surface area contributed by atoms with E-state index in [-0.39, 0.29) is 29.9 Å². The number of piperidine rings is 1. The molecule has 1 aliphatic rings. The summed E-state index contributed by atoms with van der Waals surface area (Å²) in [5.41, 5.74) is 0.611. The SMILES string of the molecule is Cl.O=C(N[C@H]1CCCNC1)c1ccc(CS(=O)(=O)C(F)F)cc1. The van der Waals surface area contributed by atoms with E-state index in [4.69, 9.17) is 0 Å². The summed E-state index contributed by atoms with van der Waals surface area (Å²) in [4.78, 5) is 12.0. The minimum atomic E-state index is -4.45. The number of halogens is 3. The quantitative estimate of drug-likeness (QED) is 0.830. The molecule has 2 rings (SSSR count). The zero-order valence-electron chi connectivity index (χ0n) is 12.3. The van der Waals surface area contributed by atoms with Crippen molar-refractivity contribution in [3.05, 3.63) is 35.4 Å². The topological polar surface area (TPSA) is 75.3 Å². The first-order chi connectivity index (χ1) is 10.4. The molecule has 0 aliphatic carbocycles. The molecule has 130 valence electrons. The number of hydrogen-bond acceptors (Lipinski definition) is 4. The van der Waals surface area contributed by atoms with Crippen molar-refractivity contribution in [2.75, 3.05) is 13.1 Å². The lowest BCUT2D eigenvalue weighted by molar-refractivity contribution is 0.0930. The second-order valence-corrected chi connectivity index (χ2v) is 7.25. The molecule has 0 aromatic heterocycles. The van der Waals surface area contributed by atoms with Gasteiger partial charge in [0.1, 0.15) is 0 Å². The van der Waals surface area contributed by atoms with Gasteiger partial charge in [-0.25, -0.2) is 8.42 Å². The second-order valence-electron chi connectivity index (χ2n) is 5.28. The van der Waals surface area contributed by atoms with Gasteiger partial charge in [-0.3, -0.25) is 4.79 Å². The maximum absolute atomic E-state index is 12.3. The van der Waals surface area contributed by atoms with Crippen molar-refractivity contribution in [2.45, 2.75) is 30.4 Å². The molecule has 0 saturated carbocycles. The van der Waals surface area contributed by atoms with Crippen molar-refractivity contribution in [1.82, 2.24) is 10.6 Å². The molecule has 1 fully saturated rings. The highest BCUT2D eigenvalue weighted by atomic mass is 35.5. The summed E-state index contributed by atoms with van der Waals surface area (Å²) in [5, 5.41) is 6.07. The van der Waals surface area contributed by atoms with Crippen LogP contribution in [-0.2, 0) is 15.6 Å². The average Bonchev–Trinajstić information content (AvgIpc) is 2.48. The molecule has 9 heteroatoms. The molecule has 1 aromatic rings. The molecule has 0 radical (unpaired) electrons. The minimum absolute atomic E-state index is 0. The van der Waals surface area contributed by atoms with Crippen LogP contribution in [0.15, 0.2) is 24.3 Å². The van der Waals surface area contributed by atoms with Gasteiger partial charge < -0.3 is 10.6 Å². The van der Waals surface area contributed by atoms with Gasteiger partial charge >= 0.3 is 5.76 Å². The standard InChI is InChI=1S/C14H18F2N2O3S.ClH/c15-14(16)22(20,21)9-10-3-5-11(6-4-10)13(19)18-12-2-1-7-17-8-12;/h3-6,12,14,17H,1-2,7-9H2,(H,18,19);1H/t12-;/m0./s1. The van der Waals surface area contributed by atoms with Crippen molar-refractivity contribution in [3.8, 4) is 0 Å². The van der Waals surface area contributed by atoms with E-state index in [0.29, 0.717) is 5.56 Å². The Hall–Kier alpha value is -1.25. The number of amides is 1. The lowest BCUT2D eigenvalue weighted by Gasteiger charge is -2.23. The van der Waals surface area contributed by atoms with Gasteiger partial charge in [-0.1, -0.05) is 12.1 Å². The molecule has 0 unspecified atom stereocenters. The van der Waals surface area contributed by atoms with E-state index in [1.807, 2.05) is 0 Å². The summed E-state index contributed by atoms with van der Waals surface area (Å²) in [7, 11) is -4.45. The molecule has 1 heterocycles. The van der Waals surface area contributed by atoms with Crippen LogP contribution < -0.4 is 10.6 Å². The van der Waals surface area contributed by atoms with E-state index in [1.165, 1.54) is 24.3 Å². The van der Waals surface area contributed by atoms with E-state index in [2.05, 4.69) is 10.6 Å². The number of rotatable bonds is 5. The van der Waals surface area contributed by atoms with Crippen LogP contribution in [0, 0.1) is 0 Å². The third kappa shape index (κ3) is 5.71. The molecule has 1 atom stereocenters. The number of nitrogens with one attached hydrogen (secondary N) is 2. The molecule has 5 nitrogen and oxygen atoms in total. The van der Waals surface area contributed by atoms with Gasteiger partial charge in [0.25, 0.3) is 5.91 Å². The predicted octanol–water partition coefficient (Wildman–Crippen LogP) is 1.73. The normalized spacial score (nSPS) is 18.3. The van der Waals surface area contributed by atoms with Crippen molar-refractivity contribution >= 4 is 28.2 Å². The van der Waals surface area contributed by atoms with Gasteiger partial charge in [-0.2, -0.15) is 8.78 Å². The first kappa shape index (κ1) is 19.8. The number of hydrogen-bond donors (Lipinski definition) is 2. The summed E-state index contributed by atoms with van der Waals surface area (Å²) in [6, 6.07) is 5.73. The number of carbonyl (C=O) groups is 1. The van der Waals surface area contributed by atoms with Crippen LogP contribution in [-0.4, -0.2) is 39.2 Å². The number of alkyl halides is 2. The van der Waals surface area contributed by atoms with Gasteiger partial charge in [0, 0.05) is 18.2 Å². The van der Waals surface area contributed by atoms with Gasteiger partial charge in [-0.05, 0) is 37.1 Å². The van der Waals surface area contributed by atoms with Crippen LogP contribution in [0.25, 0.3) is 0 Å². The Morgan fingerprint density at radius 1 is 1.30 bits per heavy atom. The van der Waals surface area contributed by atoms with Crippen LogP contribution in [0.2, 0.25) is 0 Å². The highest BCUT2D eigenvalue weighted by Gasteiger charge is 2.24. The summed E-state index contributed by atoms with van der Waals surface area (Å²) >= 11 is 0. The summed E-state index contributed by atoms with van der Waals surface area (Å²) in [6.07, 6.45) is 1.90. The van der Waals surface area contributed by atoms with Crippen LogP contribution in [0.4, 0.5) is 8.78 Å². The number of benzene rings is 1. The first-order valence-electron chi connectivity index (χ1n) is 6.99. The van der Waals surface area contributed by atoms with Crippen LogP contribution in [0.3, 0.4) is 0 Å². The zero-order valence-corrected chi connectivity index (χ0v) is 13.9. The highest BCUT2D eigenvalue weighted by molar-refractivity contribution is 7.90. The van der Waals surface area contributed by atoms with Crippen LogP contribution in [0.1, 0.15) is 28.8 Å². The van der Waals surface area contributed by atoms with E-state index in [1.54, 1.807) is 0 Å². The van der Waals surface area contributed by atoms with Crippen molar-refractivity contribution in [3.63, 3.8) is 0 Å². The molecule has 1 amide bonds. The monoisotopic (exact) mass is 368 g/mol. The van der Waals surface area contributed by atoms with Crippen molar-refractivity contribution in [2.24, 2.45) is 0 Å². The molecular formula is C14H19ClF2N2O3S. The molecule has 1 aromatic carbocycles. The largest absolute Gasteiger partial charge is 0.348 e. The molecule has 2 N–H and O–H groups in total. The second kappa shape index (κ2) is 8.56. The van der Waals surface area contributed by atoms with E-state index in [9.17, 15) is 22.0 Å². The van der Waals surface area contributed by atoms with Crippen molar-refractivity contribution in [1.29, 1.82) is 0 Å². The predicted molar refractivity (Wildman–Crippen MR) is 85.7 cm³/mol. The molecule has 1 saturated heterocycles. The van der Waals surface area contributed by atoms with Gasteiger partial charge in [0.2, 0.25) is 9.84 Å². The van der Waals surface area contributed by atoms with Gasteiger partial charge in [-0.15, -0.1) is 12.4 Å².